The van der Waals surface area contributed by atoms with E-state index < -0.39 is 9.84 Å². The smallest absolute Gasteiger partial charge is 0.147 e. The highest BCUT2D eigenvalue weighted by Gasteiger charge is 2.04. The van der Waals surface area contributed by atoms with Crippen LogP contribution in [-0.4, -0.2) is 44.0 Å². The molecule has 1 rings (SSSR count). The van der Waals surface area contributed by atoms with Crippen molar-refractivity contribution in [2.24, 2.45) is 0 Å². The number of hydrogen-bond donors (Lipinski definition) is 1. The standard InChI is InChI=1S/C13H21NO3S/c1-14(8-3-9-18(2,16)17)10-12-4-6-13(11-15)7-5-12/h4-7,15H,3,8-11H2,1-2H3. The van der Waals surface area contributed by atoms with Crippen LogP contribution in [0.15, 0.2) is 24.3 Å². The van der Waals surface area contributed by atoms with Gasteiger partial charge in [0.2, 0.25) is 0 Å². The molecule has 18 heavy (non-hydrogen) atoms. The van der Waals surface area contributed by atoms with Crippen LogP contribution in [0.4, 0.5) is 0 Å². The summed E-state index contributed by atoms with van der Waals surface area (Å²) in [7, 11) is -0.882. The van der Waals surface area contributed by atoms with E-state index in [0.29, 0.717) is 6.42 Å². The second-order valence-electron chi connectivity index (χ2n) is 4.70. The Morgan fingerprint density at radius 2 is 1.72 bits per heavy atom. The van der Waals surface area contributed by atoms with Crippen LogP contribution in [0.3, 0.4) is 0 Å². The van der Waals surface area contributed by atoms with E-state index in [4.69, 9.17) is 5.11 Å². The lowest BCUT2D eigenvalue weighted by atomic mass is 10.1. The van der Waals surface area contributed by atoms with Crippen LogP contribution >= 0.6 is 0 Å². The molecule has 0 saturated carbocycles. The van der Waals surface area contributed by atoms with Crippen LogP contribution in [0.1, 0.15) is 17.5 Å². The first-order chi connectivity index (χ1) is 8.40. The first-order valence-corrected chi connectivity index (χ1v) is 8.02. The first kappa shape index (κ1) is 15.1. The maximum Gasteiger partial charge on any atom is 0.147 e. The minimum absolute atomic E-state index is 0.0600. The van der Waals surface area contributed by atoms with E-state index in [1.807, 2.05) is 31.3 Å². The third kappa shape index (κ3) is 6.14. The monoisotopic (exact) mass is 271 g/mol. The van der Waals surface area contributed by atoms with Crippen LogP contribution in [0.25, 0.3) is 0 Å². The van der Waals surface area contributed by atoms with Gasteiger partial charge in [0.1, 0.15) is 9.84 Å². The summed E-state index contributed by atoms with van der Waals surface area (Å²) in [6.45, 7) is 1.61. The predicted octanol–water partition coefficient (Wildman–Crippen LogP) is 1.05. The molecule has 0 fully saturated rings. The number of sulfone groups is 1. The Hall–Kier alpha value is -0.910. The van der Waals surface area contributed by atoms with E-state index in [2.05, 4.69) is 4.90 Å². The zero-order valence-corrected chi connectivity index (χ0v) is 11.8. The molecule has 0 amide bonds. The van der Waals surface area contributed by atoms with Crippen LogP contribution in [-0.2, 0) is 23.0 Å². The normalized spacial score (nSPS) is 12.0. The van der Waals surface area contributed by atoms with Crippen molar-refractivity contribution in [3.63, 3.8) is 0 Å². The lowest BCUT2D eigenvalue weighted by molar-refractivity contribution is 0.281. The molecule has 0 bridgehead atoms. The summed E-state index contributed by atoms with van der Waals surface area (Å²) in [5, 5.41) is 8.94. The molecule has 0 atom stereocenters. The molecule has 0 aliphatic carbocycles. The Bertz CT molecular complexity index is 454. The quantitative estimate of drug-likeness (QED) is 0.805. The number of nitrogens with zero attached hydrogens (tertiary/aromatic N) is 1. The molecule has 102 valence electrons. The van der Waals surface area contributed by atoms with Crippen molar-refractivity contribution in [1.82, 2.24) is 4.90 Å². The van der Waals surface area contributed by atoms with Crippen molar-refractivity contribution in [3.8, 4) is 0 Å². The number of rotatable bonds is 7. The molecule has 0 saturated heterocycles. The van der Waals surface area contributed by atoms with Crippen molar-refractivity contribution in [2.45, 2.75) is 19.6 Å². The van der Waals surface area contributed by atoms with Crippen molar-refractivity contribution >= 4 is 9.84 Å². The Kier molecular flexibility index (Phi) is 5.78. The zero-order chi connectivity index (χ0) is 13.6. The third-order valence-corrected chi connectivity index (χ3v) is 3.74. The van der Waals surface area contributed by atoms with Gasteiger partial charge in [-0.25, -0.2) is 8.42 Å². The van der Waals surface area contributed by atoms with Crippen molar-refractivity contribution in [1.29, 1.82) is 0 Å². The van der Waals surface area contributed by atoms with E-state index in [9.17, 15) is 8.42 Å². The van der Waals surface area contributed by atoms with Gasteiger partial charge in [-0.1, -0.05) is 24.3 Å². The minimum atomic E-state index is -2.86. The molecule has 1 N–H and O–H groups in total. The van der Waals surface area contributed by atoms with Crippen molar-refractivity contribution in [3.05, 3.63) is 35.4 Å². The third-order valence-electron chi connectivity index (χ3n) is 2.71. The number of aliphatic hydroxyl groups is 1. The van der Waals surface area contributed by atoms with E-state index >= 15 is 0 Å². The minimum Gasteiger partial charge on any atom is -0.392 e. The van der Waals surface area contributed by atoms with Crippen LogP contribution in [0, 0.1) is 0 Å². The first-order valence-electron chi connectivity index (χ1n) is 5.95. The highest BCUT2D eigenvalue weighted by molar-refractivity contribution is 7.90. The second kappa shape index (κ2) is 6.87. The van der Waals surface area contributed by atoms with Gasteiger partial charge in [-0.15, -0.1) is 0 Å². The predicted molar refractivity (Wildman–Crippen MR) is 73.0 cm³/mol. The summed E-state index contributed by atoms with van der Waals surface area (Å²) in [5.41, 5.74) is 2.06. The maximum absolute atomic E-state index is 11.0. The number of hydrogen-bond acceptors (Lipinski definition) is 4. The molecule has 1 aromatic rings. The molecule has 0 aliphatic rings. The zero-order valence-electron chi connectivity index (χ0n) is 11.0. The summed E-state index contributed by atoms with van der Waals surface area (Å²) in [4.78, 5) is 2.10. The number of benzene rings is 1. The van der Waals surface area contributed by atoms with Crippen LogP contribution in [0.2, 0.25) is 0 Å². The highest BCUT2D eigenvalue weighted by Crippen LogP contribution is 2.07. The summed E-state index contributed by atoms with van der Waals surface area (Å²) in [6, 6.07) is 7.77. The Morgan fingerprint density at radius 1 is 1.17 bits per heavy atom. The van der Waals surface area contributed by atoms with E-state index in [-0.39, 0.29) is 12.4 Å². The van der Waals surface area contributed by atoms with Gasteiger partial charge >= 0.3 is 0 Å². The topological polar surface area (TPSA) is 57.6 Å². The van der Waals surface area contributed by atoms with Crippen molar-refractivity contribution in [2.75, 3.05) is 25.6 Å². The lowest BCUT2D eigenvalue weighted by Gasteiger charge is -2.16. The molecular formula is C13H21NO3S. The fourth-order valence-electron chi connectivity index (χ4n) is 1.74. The molecule has 0 unspecified atom stereocenters. The Labute approximate surface area is 109 Å². The average Bonchev–Trinajstić information content (AvgIpc) is 2.28. The second-order valence-corrected chi connectivity index (χ2v) is 6.96. The van der Waals surface area contributed by atoms with Gasteiger partial charge in [0.05, 0.1) is 12.4 Å². The molecule has 0 spiro atoms. The highest BCUT2D eigenvalue weighted by atomic mass is 32.2. The molecular weight excluding hydrogens is 250 g/mol. The van der Waals surface area contributed by atoms with Gasteiger partial charge in [-0.05, 0) is 31.1 Å². The fourth-order valence-corrected chi connectivity index (χ4v) is 2.39. The van der Waals surface area contributed by atoms with Gasteiger partial charge in [0.25, 0.3) is 0 Å². The van der Waals surface area contributed by atoms with Crippen LogP contribution < -0.4 is 0 Å². The Balaban J connectivity index is 2.37. The van der Waals surface area contributed by atoms with E-state index in [1.54, 1.807) is 0 Å². The molecule has 1 aromatic carbocycles. The Morgan fingerprint density at radius 3 is 2.22 bits per heavy atom. The van der Waals surface area contributed by atoms with Gasteiger partial charge in [0.15, 0.2) is 0 Å². The summed E-state index contributed by atoms with van der Waals surface area (Å²) in [6.07, 6.45) is 1.92. The summed E-state index contributed by atoms with van der Waals surface area (Å²) < 4.78 is 22.0. The van der Waals surface area contributed by atoms with Crippen LogP contribution in [0.5, 0.6) is 0 Å². The lowest BCUT2D eigenvalue weighted by Crippen LogP contribution is -2.21. The molecule has 0 aromatic heterocycles. The SMILES string of the molecule is CN(CCCS(C)(=O)=O)Cc1ccc(CO)cc1. The average molecular weight is 271 g/mol. The largest absolute Gasteiger partial charge is 0.392 e. The molecule has 0 aliphatic heterocycles. The number of aliphatic hydroxyl groups excluding tert-OH is 1. The maximum atomic E-state index is 11.0. The van der Waals surface area contributed by atoms with Gasteiger partial charge in [0, 0.05) is 12.8 Å². The molecule has 0 radical (unpaired) electrons. The fraction of sp³-hybridized carbons (Fsp3) is 0.538. The van der Waals surface area contributed by atoms with Gasteiger partial charge in [-0.2, -0.15) is 0 Å². The van der Waals surface area contributed by atoms with E-state index in [1.165, 1.54) is 6.26 Å². The van der Waals surface area contributed by atoms with E-state index in [0.717, 1.165) is 24.2 Å². The molecule has 0 heterocycles. The van der Waals surface area contributed by atoms with Crippen molar-refractivity contribution < 1.29 is 13.5 Å². The summed E-state index contributed by atoms with van der Waals surface area (Å²) >= 11 is 0. The van der Waals surface area contributed by atoms with Gasteiger partial charge in [-0.3, -0.25) is 0 Å². The summed E-state index contributed by atoms with van der Waals surface area (Å²) in [5.74, 6) is 0.237. The molecule has 5 heteroatoms. The van der Waals surface area contributed by atoms with Gasteiger partial charge < -0.3 is 10.0 Å². The molecule has 4 nitrogen and oxygen atoms in total.